The summed E-state index contributed by atoms with van der Waals surface area (Å²) in [7, 11) is 0. The summed E-state index contributed by atoms with van der Waals surface area (Å²) in [4.78, 5) is 15.3. The van der Waals surface area contributed by atoms with Gasteiger partial charge in [0.25, 0.3) is 0 Å². The highest BCUT2D eigenvalue weighted by Crippen LogP contribution is 2.17. The minimum atomic E-state index is -0.347. The van der Waals surface area contributed by atoms with Crippen LogP contribution in [0.3, 0.4) is 0 Å². The highest BCUT2D eigenvalue weighted by molar-refractivity contribution is 6.14. The van der Waals surface area contributed by atoms with Gasteiger partial charge in [0, 0.05) is 23.0 Å². The van der Waals surface area contributed by atoms with Crippen molar-refractivity contribution in [2.75, 3.05) is 11.1 Å². The van der Waals surface area contributed by atoms with Crippen LogP contribution in [0.2, 0.25) is 0 Å². The largest absolute Gasteiger partial charge is 0.398 e. The lowest BCUT2D eigenvalue weighted by atomic mass is 10.0. The zero-order valence-corrected chi connectivity index (χ0v) is 10.8. The maximum atomic E-state index is 11.2. The first-order chi connectivity index (χ1) is 9.61. The first-order valence-electron chi connectivity index (χ1n) is 5.95. The van der Waals surface area contributed by atoms with E-state index in [9.17, 15) is 4.79 Å². The van der Waals surface area contributed by atoms with Crippen LogP contribution in [0, 0.1) is 5.41 Å². The minimum Gasteiger partial charge on any atom is -0.398 e. The fourth-order valence-corrected chi connectivity index (χ4v) is 1.71. The Morgan fingerprint density at radius 1 is 1.35 bits per heavy atom. The van der Waals surface area contributed by atoms with E-state index in [4.69, 9.17) is 11.1 Å². The van der Waals surface area contributed by atoms with E-state index >= 15 is 0 Å². The number of nitrogens with zero attached hydrogens (tertiary/aromatic N) is 1. The van der Waals surface area contributed by atoms with Gasteiger partial charge in [-0.2, -0.15) is 0 Å². The van der Waals surface area contributed by atoms with Gasteiger partial charge >= 0.3 is 0 Å². The van der Waals surface area contributed by atoms with Gasteiger partial charge in [0.2, 0.25) is 5.91 Å². The number of aromatic nitrogens is 1. The van der Waals surface area contributed by atoms with Gasteiger partial charge in [0.15, 0.2) is 0 Å². The molecule has 0 aliphatic carbocycles. The van der Waals surface area contributed by atoms with Crippen LogP contribution in [0.5, 0.6) is 0 Å². The maximum absolute atomic E-state index is 11.2. The first kappa shape index (κ1) is 13.5. The van der Waals surface area contributed by atoms with Crippen molar-refractivity contribution in [3.05, 3.63) is 66.4 Å². The van der Waals surface area contributed by atoms with Gasteiger partial charge in [-0.15, -0.1) is 0 Å². The molecule has 0 fully saturated rings. The topological polar surface area (TPSA) is 91.9 Å². The fourth-order valence-electron chi connectivity index (χ4n) is 1.71. The molecule has 2 aromatic rings. The molecule has 20 heavy (non-hydrogen) atoms. The summed E-state index contributed by atoms with van der Waals surface area (Å²) in [5.74, 6) is 0.0204. The molecule has 0 aliphatic rings. The molecular formula is C15H14N4O. The summed E-state index contributed by atoms with van der Waals surface area (Å²) in [5, 5.41) is 10.8. The molecule has 100 valence electrons. The van der Waals surface area contributed by atoms with Crippen LogP contribution in [-0.2, 0) is 4.79 Å². The number of para-hydroxylation sites is 1. The Morgan fingerprint density at radius 2 is 2.10 bits per heavy atom. The summed E-state index contributed by atoms with van der Waals surface area (Å²) in [6.07, 6.45) is 2.69. The summed E-state index contributed by atoms with van der Waals surface area (Å²) < 4.78 is 0. The number of nitrogens with one attached hydrogen (secondary N) is 2. The number of benzene rings is 1. The van der Waals surface area contributed by atoms with E-state index in [-0.39, 0.29) is 11.6 Å². The average molecular weight is 266 g/mol. The second-order valence-electron chi connectivity index (χ2n) is 4.09. The summed E-state index contributed by atoms with van der Waals surface area (Å²) in [6.45, 7) is 3.37. The second kappa shape index (κ2) is 5.79. The van der Waals surface area contributed by atoms with Crippen molar-refractivity contribution in [3.8, 4) is 0 Å². The number of rotatable bonds is 4. The average Bonchev–Trinajstić information content (AvgIpc) is 2.47. The van der Waals surface area contributed by atoms with Crippen molar-refractivity contribution < 1.29 is 4.79 Å². The molecule has 2 rings (SSSR count). The molecule has 0 unspecified atom stereocenters. The van der Waals surface area contributed by atoms with Crippen LogP contribution in [0.4, 0.5) is 11.5 Å². The maximum Gasteiger partial charge on any atom is 0.248 e. The third-order valence-corrected chi connectivity index (χ3v) is 2.72. The SMILES string of the molecule is C=CC(=O)Nc1cc(C(=N)c2ccccc2N)ccn1. The number of anilines is 2. The van der Waals surface area contributed by atoms with Crippen molar-refractivity contribution in [1.82, 2.24) is 4.98 Å². The van der Waals surface area contributed by atoms with E-state index in [1.807, 2.05) is 12.1 Å². The van der Waals surface area contributed by atoms with E-state index in [2.05, 4.69) is 16.9 Å². The van der Waals surface area contributed by atoms with E-state index in [1.165, 1.54) is 6.20 Å². The Balaban J connectivity index is 2.31. The molecule has 0 atom stereocenters. The fraction of sp³-hybridized carbons (Fsp3) is 0. The van der Waals surface area contributed by atoms with Gasteiger partial charge < -0.3 is 11.1 Å². The number of pyridine rings is 1. The molecule has 4 N–H and O–H groups in total. The molecule has 0 bridgehead atoms. The molecule has 5 nitrogen and oxygen atoms in total. The lowest BCUT2D eigenvalue weighted by Gasteiger charge is -2.09. The molecule has 0 saturated heterocycles. The Hall–Kier alpha value is -2.95. The number of hydrogen-bond donors (Lipinski definition) is 3. The molecule has 1 amide bonds. The van der Waals surface area contributed by atoms with Gasteiger partial charge in [0.1, 0.15) is 5.82 Å². The molecule has 0 radical (unpaired) electrons. The van der Waals surface area contributed by atoms with Crippen molar-refractivity contribution in [2.24, 2.45) is 0 Å². The van der Waals surface area contributed by atoms with Crippen LogP contribution in [0.1, 0.15) is 11.1 Å². The van der Waals surface area contributed by atoms with Gasteiger partial charge in [-0.1, -0.05) is 24.8 Å². The highest BCUT2D eigenvalue weighted by Gasteiger charge is 2.09. The summed E-state index contributed by atoms with van der Waals surface area (Å²) in [6, 6.07) is 10.5. The normalized spacial score (nSPS) is 9.80. The molecule has 0 aliphatic heterocycles. The molecular weight excluding hydrogens is 252 g/mol. The minimum absolute atomic E-state index is 0.277. The zero-order valence-electron chi connectivity index (χ0n) is 10.8. The quantitative estimate of drug-likeness (QED) is 0.450. The number of hydrogen-bond acceptors (Lipinski definition) is 4. The summed E-state index contributed by atoms with van der Waals surface area (Å²) >= 11 is 0. The number of carbonyl (C=O) groups excluding carboxylic acids is 1. The van der Waals surface area contributed by atoms with E-state index in [0.29, 0.717) is 22.6 Å². The number of nitrogen functional groups attached to an aromatic ring is 1. The standard InChI is InChI=1S/C15H14N4O/c1-2-14(20)19-13-9-10(7-8-18-13)15(17)11-5-3-4-6-12(11)16/h2-9,17H,1,16H2,(H,18,19,20). The van der Waals surface area contributed by atoms with Crippen molar-refractivity contribution in [2.45, 2.75) is 0 Å². The Labute approximate surface area is 116 Å². The third kappa shape index (κ3) is 2.89. The van der Waals surface area contributed by atoms with Gasteiger partial charge in [-0.05, 0) is 24.3 Å². The van der Waals surface area contributed by atoms with Crippen LogP contribution >= 0.6 is 0 Å². The van der Waals surface area contributed by atoms with Crippen LogP contribution in [-0.4, -0.2) is 16.6 Å². The molecule has 1 heterocycles. The number of nitrogens with two attached hydrogens (primary N) is 1. The van der Waals surface area contributed by atoms with Crippen LogP contribution < -0.4 is 11.1 Å². The van der Waals surface area contributed by atoms with Crippen molar-refractivity contribution in [3.63, 3.8) is 0 Å². The van der Waals surface area contributed by atoms with E-state index in [0.717, 1.165) is 6.08 Å². The van der Waals surface area contributed by atoms with Crippen molar-refractivity contribution >= 4 is 23.1 Å². The molecule has 0 spiro atoms. The second-order valence-corrected chi connectivity index (χ2v) is 4.09. The smallest absolute Gasteiger partial charge is 0.248 e. The lowest BCUT2D eigenvalue weighted by molar-refractivity contribution is -0.111. The Bertz CT molecular complexity index is 679. The molecule has 5 heteroatoms. The van der Waals surface area contributed by atoms with Crippen LogP contribution in [0.15, 0.2) is 55.3 Å². The molecule has 1 aromatic heterocycles. The van der Waals surface area contributed by atoms with Crippen LogP contribution in [0.25, 0.3) is 0 Å². The van der Waals surface area contributed by atoms with E-state index < -0.39 is 0 Å². The Morgan fingerprint density at radius 3 is 2.80 bits per heavy atom. The van der Waals surface area contributed by atoms with Gasteiger partial charge in [-0.25, -0.2) is 4.98 Å². The molecule has 0 saturated carbocycles. The monoisotopic (exact) mass is 266 g/mol. The van der Waals surface area contributed by atoms with Gasteiger partial charge in [-0.3, -0.25) is 10.2 Å². The lowest BCUT2D eigenvalue weighted by Crippen LogP contribution is -2.10. The Kier molecular flexibility index (Phi) is 3.91. The first-order valence-corrected chi connectivity index (χ1v) is 5.95. The number of amides is 1. The molecule has 1 aromatic carbocycles. The van der Waals surface area contributed by atoms with Crippen molar-refractivity contribution in [1.29, 1.82) is 5.41 Å². The third-order valence-electron chi connectivity index (χ3n) is 2.72. The van der Waals surface area contributed by atoms with E-state index in [1.54, 1.807) is 24.3 Å². The zero-order chi connectivity index (χ0) is 14.5. The summed E-state index contributed by atoms with van der Waals surface area (Å²) in [5.41, 5.74) is 7.93. The highest BCUT2D eigenvalue weighted by atomic mass is 16.1. The van der Waals surface area contributed by atoms with Gasteiger partial charge in [0.05, 0.1) is 5.71 Å². The predicted octanol–water partition coefficient (Wildman–Crippen LogP) is 2.20. The predicted molar refractivity (Wildman–Crippen MR) is 79.8 cm³/mol. The number of carbonyl (C=O) groups is 1.